The Morgan fingerprint density at radius 3 is 2.54 bits per heavy atom. The Labute approximate surface area is 151 Å². The lowest BCUT2D eigenvalue weighted by molar-refractivity contribution is -0.137. The van der Waals surface area contributed by atoms with Gasteiger partial charge in [-0.3, -0.25) is 4.79 Å². The van der Waals surface area contributed by atoms with Crippen LogP contribution in [-0.4, -0.2) is 23.4 Å². The van der Waals surface area contributed by atoms with Gasteiger partial charge in [-0.25, -0.2) is 0 Å². The normalized spacial score (nSPS) is 18.0. The van der Waals surface area contributed by atoms with E-state index in [0.717, 1.165) is 43.4 Å². The number of hydrogen-bond donors (Lipinski definition) is 0. The fourth-order valence-corrected chi connectivity index (χ4v) is 3.60. The monoisotopic (exact) mass is 361 g/mol. The van der Waals surface area contributed by atoms with Crippen molar-refractivity contribution in [2.24, 2.45) is 0 Å². The topological polar surface area (TPSA) is 20.3 Å². The second-order valence-corrected chi connectivity index (χ2v) is 6.92. The molecule has 26 heavy (non-hydrogen) atoms. The summed E-state index contributed by atoms with van der Waals surface area (Å²) in [7, 11) is 0. The first kappa shape index (κ1) is 18.5. The zero-order chi connectivity index (χ0) is 18.7. The molecule has 1 amide bonds. The number of halogens is 3. The number of hydrogen-bond acceptors (Lipinski definition) is 1. The number of benzene rings is 2. The molecule has 0 aromatic heterocycles. The minimum atomic E-state index is -4.45. The van der Waals surface area contributed by atoms with E-state index in [1.165, 1.54) is 0 Å². The van der Waals surface area contributed by atoms with Crippen LogP contribution in [0.2, 0.25) is 0 Å². The summed E-state index contributed by atoms with van der Waals surface area (Å²) < 4.78 is 39.3. The molecule has 5 heteroatoms. The molecule has 1 saturated heterocycles. The molecule has 0 saturated carbocycles. The van der Waals surface area contributed by atoms with Gasteiger partial charge < -0.3 is 4.90 Å². The highest BCUT2D eigenvalue weighted by molar-refractivity contribution is 5.95. The van der Waals surface area contributed by atoms with Gasteiger partial charge in [0, 0.05) is 18.2 Å². The third-order valence-electron chi connectivity index (χ3n) is 4.85. The number of aryl methyl sites for hydroxylation is 1. The summed E-state index contributed by atoms with van der Waals surface area (Å²) in [6.07, 6.45) is -0.937. The second kappa shape index (κ2) is 7.52. The molecule has 138 valence electrons. The van der Waals surface area contributed by atoms with E-state index in [0.29, 0.717) is 12.1 Å². The maximum Gasteiger partial charge on any atom is 0.416 e. The Bertz CT molecular complexity index is 771. The third kappa shape index (κ3) is 4.26. The van der Waals surface area contributed by atoms with Crippen LogP contribution in [0.1, 0.15) is 46.3 Å². The number of piperidine rings is 1. The average molecular weight is 361 g/mol. The molecule has 1 atom stereocenters. The SMILES string of the molecule is Cc1cc(C(=O)N2CCCCC2Cc2ccccc2)cc(C(F)(F)F)c1. The molecular weight excluding hydrogens is 339 g/mol. The van der Waals surface area contributed by atoms with E-state index >= 15 is 0 Å². The highest BCUT2D eigenvalue weighted by Crippen LogP contribution is 2.31. The van der Waals surface area contributed by atoms with E-state index in [-0.39, 0.29) is 17.5 Å². The Hall–Kier alpha value is -2.30. The molecule has 1 heterocycles. The Morgan fingerprint density at radius 1 is 1.12 bits per heavy atom. The highest BCUT2D eigenvalue weighted by Gasteiger charge is 2.33. The smallest absolute Gasteiger partial charge is 0.335 e. The van der Waals surface area contributed by atoms with Crippen molar-refractivity contribution < 1.29 is 18.0 Å². The third-order valence-corrected chi connectivity index (χ3v) is 4.85. The van der Waals surface area contributed by atoms with E-state index in [1.54, 1.807) is 17.9 Å². The summed E-state index contributed by atoms with van der Waals surface area (Å²) in [5.41, 5.74) is 0.937. The summed E-state index contributed by atoms with van der Waals surface area (Å²) >= 11 is 0. The largest absolute Gasteiger partial charge is 0.416 e. The van der Waals surface area contributed by atoms with Gasteiger partial charge in [0.05, 0.1) is 5.56 Å². The van der Waals surface area contributed by atoms with Crippen LogP contribution in [0.5, 0.6) is 0 Å². The standard InChI is InChI=1S/C21H22F3NO/c1-15-11-17(14-18(12-15)21(22,23)24)20(26)25-10-6-5-9-19(25)13-16-7-3-2-4-8-16/h2-4,7-8,11-12,14,19H,5-6,9-10,13H2,1H3. The minimum Gasteiger partial charge on any atom is -0.335 e. The van der Waals surface area contributed by atoms with Crippen LogP contribution in [0, 0.1) is 6.92 Å². The maximum atomic E-state index is 13.1. The number of alkyl halides is 3. The van der Waals surface area contributed by atoms with E-state index in [1.807, 2.05) is 30.3 Å². The predicted molar refractivity (Wildman–Crippen MR) is 95.0 cm³/mol. The zero-order valence-electron chi connectivity index (χ0n) is 14.7. The van der Waals surface area contributed by atoms with E-state index in [2.05, 4.69) is 0 Å². The van der Waals surface area contributed by atoms with Gasteiger partial charge >= 0.3 is 6.18 Å². The number of amides is 1. The number of rotatable bonds is 3. The van der Waals surface area contributed by atoms with Crippen molar-refractivity contribution in [1.29, 1.82) is 0 Å². The molecule has 0 aliphatic carbocycles. The fraction of sp³-hybridized carbons (Fsp3) is 0.381. The van der Waals surface area contributed by atoms with Crippen LogP contribution in [0.15, 0.2) is 48.5 Å². The van der Waals surface area contributed by atoms with Crippen molar-refractivity contribution in [3.8, 4) is 0 Å². The van der Waals surface area contributed by atoms with Crippen LogP contribution in [0.25, 0.3) is 0 Å². The number of likely N-dealkylation sites (tertiary alicyclic amines) is 1. The lowest BCUT2D eigenvalue weighted by Crippen LogP contribution is -2.45. The van der Waals surface area contributed by atoms with Gasteiger partial charge in [0.1, 0.15) is 0 Å². The summed E-state index contributed by atoms with van der Waals surface area (Å²) in [4.78, 5) is 14.7. The van der Waals surface area contributed by atoms with Gasteiger partial charge in [0.2, 0.25) is 0 Å². The molecule has 0 bridgehead atoms. The first-order valence-corrected chi connectivity index (χ1v) is 8.88. The van der Waals surface area contributed by atoms with Gasteiger partial charge in [-0.15, -0.1) is 0 Å². The van der Waals surface area contributed by atoms with Crippen molar-refractivity contribution in [2.45, 2.75) is 44.8 Å². The molecular formula is C21H22F3NO. The molecule has 2 aromatic rings. The van der Waals surface area contributed by atoms with Gasteiger partial charge in [0.15, 0.2) is 0 Å². The summed E-state index contributed by atoms with van der Waals surface area (Å²) in [5, 5.41) is 0. The summed E-state index contributed by atoms with van der Waals surface area (Å²) in [6, 6.07) is 13.5. The first-order valence-electron chi connectivity index (χ1n) is 8.88. The van der Waals surface area contributed by atoms with Crippen molar-refractivity contribution in [3.63, 3.8) is 0 Å². The van der Waals surface area contributed by atoms with Crippen molar-refractivity contribution in [3.05, 3.63) is 70.8 Å². The molecule has 3 rings (SSSR count). The Morgan fingerprint density at radius 2 is 1.85 bits per heavy atom. The van der Waals surface area contributed by atoms with E-state index in [9.17, 15) is 18.0 Å². The zero-order valence-corrected chi connectivity index (χ0v) is 14.7. The van der Waals surface area contributed by atoms with Crippen molar-refractivity contribution in [1.82, 2.24) is 4.90 Å². The summed E-state index contributed by atoms with van der Waals surface area (Å²) in [5.74, 6) is -0.306. The molecule has 1 aliphatic heterocycles. The van der Waals surface area contributed by atoms with Crippen LogP contribution < -0.4 is 0 Å². The molecule has 1 unspecified atom stereocenters. The van der Waals surface area contributed by atoms with Gasteiger partial charge in [-0.05, 0) is 61.9 Å². The van der Waals surface area contributed by atoms with Crippen LogP contribution >= 0.6 is 0 Å². The molecule has 1 aliphatic rings. The molecule has 1 fully saturated rings. The van der Waals surface area contributed by atoms with Crippen molar-refractivity contribution in [2.75, 3.05) is 6.54 Å². The number of carbonyl (C=O) groups excluding carboxylic acids is 1. The van der Waals surface area contributed by atoms with Gasteiger partial charge in [0.25, 0.3) is 5.91 Å². The second-order valence-electron chi connectivity index (χ2n) is 6.92. The highest BCUT2D eigenvalue weighted by atomic mass is 19.4. The van der Waals surface area contributed by atoms with Gasteiger partial charge in [-0.2, -0.15) is 13.2 Å². The number of carbonyl (C=O) groups is 1. The lowest BCUT2D eigenvalue weighted by Gasteiger charge is -2.36. The summed E-state index contributed by atoms with van der Waals surface area (Å²) in [6.45, 7) is 2.18. The van der Waals surface area contributed by atoms with Crippen LogP contribution in [0.3, 0.4) is 0 Å². The Balaban J connectivity index is 1.86. The minimum absolute atomic E-state index is 0.0218. The molecule has 0 N–H and O–H groups in total. The van der Waals surface area contributed by atoms with Crippen molar-refractivity contribution >= 4 is 5.91 Å². The fourth-order valence-electron chi connectivity index (χ4n) is 3.60. The average Bonchev–Trinajstić information content (AvgIpc) is 2.61. The Kier molecular flexibility index (Phi) is 5.35. The predicted octanol–water partition coefficient (Wildman–Crippen LogP) is 5.25. The first-order chi connectivity index (χ1) is 12.3. The molecule has 2 aromatic carbocycles. The quantitative estimate of drug-likeness (QED) is 0.731. The van der Waals surface area contributed by atoms with Gasteiger partial charge in [-0.1, -0.05) is 30.3 Å². The lowest BCUT2D eigenvalue weighted by atomic mass is 9.94. The molecule has 0 radical (unpaired) electrons. The maximum absolute atomic E-state index is 13.1. The van der Waals surface area contributed by atoms with Crippen LogP contribution in [0.4, 0.5) is 13.2 Å². The molecule has 0 spiro atoms. The van der Waals surface area contributed by atoms with Crippen LogP contribution in [-0.2, 0) is 12.6 Å². The van der Waals surface area contributed by atoms with E-state index in [4.69, 9.17) is 0 Å². The number of nitrogens with zero attached hydrogens (tertiary/aromatic N) is 1. The molecule has 2 nitrogen and oxygen atoms in total. The van der Waals surface area contributed by atoms with E-state index < -0.39 is 11.7 Å².